The Morgan fingerprint density at radius 2 is 2.25 bits per heavy atom. The van der Waals surface area contributed by atoms with E-state index in [0.29, 0.717) is 5.75 Å². The van der Waals surface area contributed by atoms with E-state index in [1.165, 1.54) is 10.5 Å². The van der Waals surface area contributed by atoms with Crippen molar-refractivity contribution in [3.63, 3.8) is 0 Å². The van der Waals surface area contributed by atoms with Crippen LogP contribution in [0, 0.1) is 0 Å². The van der Waals surface area contributed by atoms with Gasteiger partial charge in [0.25, 0.3) is 0 Å². The number of fused-ring (bicyclic) bond motifs is 1. The Bertz CT molecular complexity index is 684. The van der Waals surface area contributed by atoms with Crippen LogP contribution in [0.4, 0.5) is 0 Å². The molecule has 0 amide bonds. The lowest BCUT2D eigenvalue weighted by molar-refractivity contribution is -0.936. The zero-order valence-electron chi connectivity index (χ0n) is 14.6. The van der Waals surface area contributed by atoms with E-state index in [4.69, 9.17) is 4.74 Å². The summed E-state index contributed by atoms with van der Waals surface area (Å²) in [7, 11) is 0. The van der Waals surface area contributed by atoms with Crippen molar-refractivity contribution in [3.8, 4) is 11.5 Å². The van der Waals surface area contributed by atoms with Gasteiger partial charge in [-0.2, -0.15) is 0 Å². The van der Waals surface area contributed by atoms with Crippen LogP contribution in [0.5, 0.6) is 11.5 Å². The third-order valence-corrected chi connectivity index (χ3v) is 6.78. The van der Waals surface area contributed by atoms with E-state index in [-0.39, 0.29) is 17.9 Å². The molecule has 4 heteroatoms. The van der Waals surface area contributed by atoms with Crippen molar-refractivity contribution in [1.82, 2.24) is 0 Å². The van der Waals surface area contributed by atoms with Crippen molar-refractivity contribution >= 4 is 0 Å². The first-order valence-electron chi connectivity index (χ1n) is 9.17. The summed E-state index contributed by atoms with van der Waals surface area (Å²) in [5, 5.41) is 22.1. The number of phenols is 1. The third-order valence-electron chi connectivity index (χ3n) is 6.78. The summed E-state index contributed by atoms with van der Waals surface area (Å²) in [5.41, 5.74) is 1.06. The molecule has 0 aromatic heterocycles. The molecule has 2 bridgehead atoms. The number of likely N-dealkylation sites (tertiary alicyclic amines) is 1. The van der Waals surface area contributed by atoms with E-state index in [0.717, 1.165) is 44.3 Å². The summed E-state index contributed by atoms with van der Waals surface area (Å²) in [5.74, 6) is 0.832. The number of piperidine rings is 1. The van der Waals surface area contributed by atoms with Crippen molar-refractivity contribution in [3.05, 3.63) is 35.9 Å². The SMILES string of the molecule is C=CC[NH+]1CCC23c4c(ccc(O)c4O[C@H]2CCC)CC1C3(C)O. The number of ether oxygens (including phenoxy) is 1. The predicted octanol–water partition coefficient (Wildman–Crippen LogP) is 1.34. The normalized spacial score (nSPS) is 39.2. The Hall–Kier alpha value is -1.52. The van der Waals surface area contributed by atoms with Gasteiger partial charge in [0.05, 0.1) is 18.5 Å². The standard InChI is InChI=1S/C20H27NO3/c1-4-6-16-20-9-11-21(10-5-2)15(19(20,3)23)12-13-7-8-14(22)18(24-16)17(13)20/h5,7-8,15-16,22-23H,2,4,6,9-12H2,1,3H3/p+1/t15?,16-,19?,20?/m0/s1. The maximum atomic E-state index is 11.8. The largest absolute Gasteiger partial charge is 0.504 e. The Morgan fingerprint density at radius 1 is 1.46 bits per heavy atom. The second-order valence-corrected chi connectivity index (χ2v) is 7.87. The zero-order valence-corrected chi connectivity index (χ0v) is 14.6. The molecule has 1 fully saturated rings. The second kappa shape index (κ2) is 5.24. The highest BCUT2D eigenvalue weighted by Gasteiger charge is 2.69. The van der Waals surface area contributed by atoms with Crippen molar-refractivity contribution in [2.75, 3.05) is 13.1 Å². The molecule has 24 heavy (non-hydrogen) atoms. The van der Waals surface area contributed by atoms with Gasteiger partial charge in [-0.3, -0.25) is 0 Å². The number of hydrogen-bond acceptors (Lipinski definition) is 3. The summed E-state index contributed by atoms with van der Waals surface area (Å²) in [6.45, 7) is 9.92. The van der Waals surface area contributed by atoms with E-state index >= 15 is 0 Å². The summed E-state index contributed by atoms with van der Waals surface area (Å²) < 4.78 is 6.27. The Balaban J connectivity index is 1.93. The Labute approximate surface area is 143 Å². The molecule has 4 nitrogen and oxygen atoms in total. The molecular weight excluding hydrogens is 302 g/mol. The van der Waals surface area contributed by atoms with E-state index in [1.54, 1.807) is 6.07 Å². The number of phenolic OH excluding ortho intramolecular Hbond substituents is 1. The molecular formula is C20H28NO3+. The highest BCUT2D eigenvalue weighted by Crippen LogP contribution is 2.60. The molecule has 1 aromatic rings. The number of benzene rings is 1. The Kier molecular flexibility index (Phi) is 3.49. The van der Waals surface area contributed by atoms with Crippen LogP contribution in [0.15, 0.2) is 24.8 Å². The molecule has 3 N–H and O–H groups in total. The fraction of sp³-hybridized carbons (Fsp3) is 0.600. The number of nitrogens with one attached hydrogen (secondary N) is 1. The molecule has 5 atom stereocenters. The van der Waals surface area contributed by atoms with Crippen LogP contribution in [0.2, 0.25) is 0 Å². The van der Waals surface area contributed by atoms with Gasteiger partial charge in [-0.25, -0.2) is 0 Å². The van der Waals surface area contributed by atoms with Gasteiger partial charge < -0.3 is 19.8 Å². The van der Waals surface area contributed by atoms with Crippen LogP contribution >= 0.6 is 0 Å². The van der Waals surface area contributed by atoms with Crippen LogP contribution in [-0.2, 0) is 11.8 Å². The van der Waals surface area contributed by atoms with Gasteiger partial charge >= 0.3 is 0 Å². The third kappa shape index (κ3) is 1.76. The maximum Gasteiger partial charge on any atom is 0.165 e. The lowest BCUT2D eigenvalue weighted by Crippen LogP contribution is -3.21. The predicted molar refractivity (Wildman–Crippen MR) is 92.7 cm³/mol. The quantitative estimate of drug-likeness (QED) is 0.731. The monoisotopic (exact) mass is 330 g/mol. The summed E-state index contributed by atoms with van der Waals surface area (Å²) in [6.07, 6.45) is 5.49. The molecule has 1 aromatic carbocycles. The van der Waals surface area contributed by atoms with E-state index < -0.39 is 11.0 Å². The van der Waals surface area contributed by atoms with Crippen molar-refractivity contribution < 1.29 is 19.8 Å². The van der Waals surface area contributed by atoms with Gasteiger partial charge in [-0.05, 0) is 31.1 Å². The van der Waals surface area contributed by atoms with Crippen LogP contribution in [0.25, 0.3) is 0 Å². The lowest BCUT2D eigenvalue weighted by Gasteiger charge is -2.57. The van der Waals surface area contributed by atoms with Crippen LogP contribution < -0.4 is 9.64 Å². The van der Waals surface area contributed by atoms with Crippen LogP contribution in [0.1, 0.15) is 44.2 Å². The number of hydrogen-bond donors (Lipinski definition) is 3. The number of quaternary nitrogens is 1. The topological polar surface area (TPSA) is 54.1 Å². The molecule has 1 aliphatic carbocycles. The summed E-state index contributed by atoms with van der Waals surface area (Å²) >= 11 is 0. The minimum Gasteiger partial charge on any atom is -0.504 e. The highest BCUT2D eigenvalue weighted by atomic mass is 16.5. The lowest BCUT2D eigenvalue weighted by atomic mass is 9.53. The molecule has 1 saturated heterocycles. The van der Waals surface area contributed by atoms with Crippen LogP contribution in [-0.4, -0.2) is 41.0 Å². The highest BCUT2D eigenvalue weighted by molar-refractivity contribution is 5.61. The second-order valence-electron chi connectivity index (χ2n) is 7.87. The Morgan fingerprint density at radius 3 is 2.96 bits per heavy atom. The molecule has 3 aliphatic rings. The van der Waals surface area contributed by atoms with Crippen molar-refractivity contribution in [2.24, 2.45) is 0 Å². The van der Waals surface area contributed by atoms with Gasteiger partial charge in [0.2, 0.25) is 0 Å². The van der Waals surface area contributed by atoms with E-state index in [2.05, 4.69) is 13.5 Å². The molecule has 2 heterocycles. The number of aromatic hydroxyl groups is 1. The smallest absolute Gasteiger partial charge is 0.165 e. The minimum atomic E-state index is -0.852. The molecule has 4 rings (SSSR count). The zero-order chi connectivity index (χ0) is 17.1. The molecule has 1 spiro atoms. The van der Waals surface area contributed by atoms with E-state index in [9.17, 15) is 10.2 Å². The molecule has 2 aliphatic heterocycles. The van der Waals surface area contributed by atoms with E-state index in [1.807, 2.05) is 19.1 Å². The number of aliphatic hydroxyl groups is 1. The van der Waals surface area contributed by atoms with Gasteiger partial charge in [0, 0.05) is 18.4 Å². The maximum absolute atomic E-state index is 11.8. The van der Waals surface area contributed by atoms with Gasteiger partial charge in [-0.1, -0.05) is 26.0 Å². The van der Waals surface area contributed by atoms with Crippen molar-refractivity contribution in [2.45, 2.75) is 62.7 Å². The molecule has 4 unspecified atom stereocenters. The minimum absolute atomic E-state index is 0.0624. The van der Waals surface area contributed by atoms with Gasteiger partial charge in [0.1, 0.15) is 17.7 Å². The first-order valence-corrected chi connectivity index (χ1v) is 9.17. The first kappa shape index (κ1) is 16.0. The molecule has 0 saturated carbocycles. The molecule has 0 radical (unpaired) electrons. The van der Waals surface area contributed by atoms with Crippen molar-refractivity contribution in [1.29, 1.82) is 0 Å². The van der Waals surface area contributed by atoms with Gasteiger partial charge in [0.15, 0.2) is 11.5 Å². The average molecular weight is 330 g/mol. The van der Waals surface area contributed by atoms with Gasteiger partial charge in [-0.15, -0.1) is 0 Å². The number of rotatable bonds is 4. The fourth-order valence-electron chi connectivity index (χ4n) is 5.71. The first-order chi connectivity index (χ1) is 11.5. The fourth-order valence-corrected chi connectivity index (χ4v) is 5.71. The molecule has 130 valence electrons. The summed E-state index contributed by atoms with van der Waals surface area (Å²) in [4.78, 5) is 1.41. The summed E-state index contributed by atoms with van der Waals surface area (Å²) in [6, 6.07) is 3.91. The van der Waals surface area contributed by atoms with Crippen LogP contribution in [0.3, 0.4) is 0 Å². The average Bonchev–Trinajstić information content (AvgIpc) is 2.85.